The van der Waals surface area contributed by atoms with Gasteiger partial charge in [0.05, 0.1) is 6.20 Å². The quantitative estimate of drug-likeness (QED) is 0.772. The van der Waals surface area contributed by atoms with Crippen LogP contribution < -0.4 is 0 Å². The van der Waals surface area contributed by atoms with E-state index in [0.29, 0.717) is 17.8 Å². The Bertz CT molecular complexity index is 580. The van der Waals surface area contributed by atoms with Crippen LogP contribution in [0.3, 0.4) is 0 Å². The van der Waals surface area contributed by atoms with Gasteiger partial charge in [-0.3, -0.25) is 4.79 Å². The number of carbonyl (C=O) groups excluding carboxylic acids is 1. The first-order chi connectivity index (χ1) is 8.63. The van der Waals surface area contributed by atoms with Gasteiger partial charge in [-0.05, 0) is 24.6 Å². The lowest BCUT2D eigenvalue weighted by Crippen LogP contribution is -2.12. The number of aryl methyl sites for hydroxylation is 1. The van der Waals surface area contributed by atoms with E-state index in [-0.39, 0.29) is 5.78 Å². The molecule has 1 aromatic carbocycles. The standard InChI is InChI=1S/C12H11Br2N3O/c1-2-5-17-11(7-15-16-17)12(18)9-6-8(13)3-4-10(9)14/h3-4,6-7H,2,5H2,1H3. The zero-order valence-corrected chi connectivity index (χ0v) is 12.9. The van der Waals surface area contributed by atoms with Gasteiger partial charge in [0.2, 0.25) is 5.78 Å². The molecule has 0 spiro atoms. The zero-order valence-electron chi connectivity index (χ0n) is 9.73. The van der Waals surface area contributed by atoms with E-state index < -0.39 is 0 Å². The molecule has 2 rings (SSSR count). The molecule has 0 aliphatic carbocycles. The highest BCUT2D eigenvalue weighted by Crippen LogP contribution is 2.23. The van der Waals surface area contributed by atoms with Crippen LogP contribution in [0.2, 0.25) is 0 Å². The number of ketones is 1. The summed E-state index contributed by atoms with van der Waals surface area (Å²) in [7, 11) is 0. The molecular weight excluding hydrogens is 362 g/mol. The van der Waals surface area contributed by atoms with Crippen molar-refractivity contribution in [2.24, 2.45) is 0 Å². The highest BCUT2D eigenvalue weighted by atomic mass is 79.9. The first kappa shape index (κ1) is 13.4. The molecule has 0 N–H and O–H groups in total. The lowest BCUT2D eigenvalue weighted by atomic mass is 10.1. The molecule has 1 aromatic heterocycles. The second-order valence-electron chi connectivity index (χ2n) is 3.80. The number of halogens is 2. The van der Waals surface area contributed by atoms with Gasteiger partial charge in [0.25, 0.3) is 0 Å². The summed E-state index contributed by atoms with van der Waals surface area (Å²) in [5.41, 5.74) is 1.11. The van der Waals surface area contributed by atoms with Crippen molar-refractivity contribution in [3.63, 3.8) is 0 Å². The first-order valence-electron chi connectivity index (χ1n) is 5.51. The van der Waals surface area contributed by atoms with Gasteiger partial charge < -0.3 is 0 Å². The fourth-order valence-corrected chi connectivity index (χ4v) is 2.41. The Morgan fingerprint density at radius 2 is 2.17 bits per heavy atom. The zero-order chi connectivity index (χ0) is 13.1. The maximum absolute atomic E-state index is 12.4. The number of nitrogens with zero attached hydrogens (tertiary/aromatic N) is 3. The van der Waals surface area contributed by atoms with Gasteiger partial charge in [0, 0.05) is 21.1 Å². The van der Waals surface area contributed by atoms with Crippen LogP contribution >= 0.6 is 31.9 Å². The number of carbonyl (C=O) groups is 1. The Balaban J connectivity index is 2.41. The third kappa shape index (κ3) is 2.70. The lowest BCUT2D eigenvalue weighted by molar-refractivity contribution is 0.102. The van der Waals surface area contributed by atoms with Crippen LogP contribution in [0.4, 0.5) is 0 Å². The Morgan fingerprint density at radius 1 is 1.39 bits per heavy atom. The van der Waals surface area contributed by atoms with E-state index in [0.717, 1.165) is 15.4 Å². The van der Waals surface area contributed by atoms with Crippen molar-refractivity contribution < 1.29 is 4.79 Å². The fourth-order valence-electron chi connectivity index (χ4n) is 1.62. The molecule has 0 fully saturated rings. The molecule has 6 heteroatoms. The predicted octanol–water partition coefficient (Wildman–Crippen LogP) is 3.44. The molecule has 0 atom stereocenters. The fraction of sp³-hybridized carbons (Fsp3) is 0.250. The van der Waals surface area contributed by atoms with Crippen LogP contribution in [0.5, 0.6) is 0 Å². The van der Waals surface area contributed by atoms with Crippen LogP contribution in [0.1, 0.15) is 29.4 Å². The van der Waals surface area contributed by atoms with E-state index in [4.69, 9.17) is 0 Å². The van der Waals surface area contributed by atoms with Gasteiger partial charge in [-0.15, -0.1) is 5.10 Å². The third-order valence-corrected chi connectivity index (χ3v) is 3.64. The summed E-state index contributed by atoms with van der Waals surface area (Å²) in [5.74, 6) is -0.0818. The van der Waals surface area contributed by atoms with E-state index in [1.54, 1.807) is 10.7 Å². The Labute approximate surface area is 122 Å². The number of aromatic nitrogens is 3. The SMILES string of the molecule is CCCn1nncc1C(=O)c1cc(Br)ccc1Br. The maximum atomic E-state index is 12.4. The average Bonchev–Trinajstić information content (AvgIpc) is 2.80. The van der Waals surface area contributed by atoms with Gasteiger partial charge in [0.15, 0.2) is 0 Å². The van der Waals surface area contributed by atoms with Crippen molar-refractivity contribution in [1.29, 1.82) is 0 Å². The number of hydrogen-bond donors (Lipinski definition) is 0. The summed E-state index contributed by atoms with van der Waals surface area (Å²) in [5, 5.41) is 7.73. The molecule has 1 heterocycles. The highest BCUT2D eigenvalue weighted by molar-refractivity contribution is 9.11. The topological polar surface area (TPSA) is 47.8 Å². The van der Waals surface area contributed by atoms with Gasteiger partial charge in [-0.1, -0.05) is 44.0 Å². The molecule has 18 heavy (non-hydrogen) atoms. The summed E-state index contributed by atoms with van der Waals surface area (Å²) in [6.07, 6.45) is 2.41. The number of benzene rings is 1. The van der Waals surface area contributed by atoms with Crippen molar-refractivity contribution in [3.8, 4) is 0 Å². The van der Waals surface area contributed by atoms with Gasteiger partial charge >= 0.3 is 0 Å². The lowest BCUT2D eigenvalue weighted by Gasteiger charge is -2.06. The minimum absolute atomic E-state index is 0.0818. The van der Waals surface area contributed by atoms with Crippen LogP contribution in [-0.4, -0.2) is 20.8 Å². The Kier molecular flexibility index (Phi) is 4.29. The van der Waals surface area contributed by atoms with E-state index in [1.165, 1.54) is 6.20 Å². The maximum Gasteiger partial charge on any atom is 0.213 e. The molecule has 4 nitrogen and oxygen atoms in total. The average molecular weight is 373 g/mol. The molecule has 0 bridgehead atoms. The van der Waals surface area contributed by atoms with Crippen molar-refractivity contribution in [2.75, 3.05) is 0 Å². The highest BCUT2D eigenvalue weighted by Gasteiger charge is 2.17. The molecule has 0 amide bonds. The van der Waals surface area contributed by atoms with Crippen molar-refractivity contribution in [2.45, 2.75) is 19.9 Å². The normalized spacial score (nSPS) is 10.6. The van der Waals surface area contributed by atoms with Crippen LogP contribution in [0.15, 0.2) is 33.3 Å². The minimum Gasteiger partial charge on any atom is -0.287 e. The van der Waals surface area contributed by atoms with Crippen LogP contribution in [-0.2, 0) is 6.54 Å². The summed E-state index contributed by atoms with van der Waals surface area (Å²) >= 11 is 6.75. The summed E-state index contributed by atoms with van der Waals surface area (Å²) in [6, 6.07) is 5.50. The second kappa shape index (κ2) is 5.75. The van der Waals surface area contributed by atoms with Gasteiger partial charge in [-0.25, -0.2) is 4.68 Å². The minimum atomic E-state index is -0.0818. The molecule has 0 radical (unpaired) electrons. The smallest absolute Gasteiger partial charge is 0.213 e. The third-order valence-electron chi connectivity index (χ3n) is 2.46. The molecule has 0 aliphatic rings. The number of rotatable bonds is 4. The van der Waals surface area contributed by atoms with E-state index >= 15 is 0 Å². The Morgan fingerprint density at radius 3 is 2.89 bits per heavy atom. The molecule has 0 aliphatic heterocycles. The summed E-state index contributed by atoms with van der Waals surface area (Å²) in [4.78, 5) is 12.4. The largest absolute Gasteiger partial charge is 0.287 e. The van der Waals surface area contributed by atoms with E-state index in [9.17, 15) is 4.79 Å². The van der Waals surface area contributed by atoms with Crippen molar-refractivity contribution in [3.05, 3.63) is 44.6 Å². The van der Waals surface area contributed by atoms with Crippen molar-refractivity contribution in [1.82, 2.24) is 15.0 Å². The van der Waals surface area contributed by atoms with E-state index in [1.807, 2.05) is 19.1 Å². The molecule has 0 saturated carbocycles. The van der Waals surface area contributed by atoms with Gasteiger partial charge in [0.1, 0.15) is 5.69 Å². The first-order valence-corrected chi connectivity index (χ1v) is 7.10. The molecule has 2 aromatic rings. The molecule has 0 saturated heterocycles. The van der Waals surface area contributed by atoms with E-state index in [2.05, 4.69) is 42.2 Å². The molecule has 0 unspecified atom stereocenters. The van der Waals surface area contributed by atoms with Gasteiger partial charge in [-0.2, -0.15) is 0 Å². The number of hydrogen-bond acceptors (Lipinski definition) is 3. The molecule has 94 valence electrons. The summed E-state index contributed by atoms with van der Waals surface area (Å²) < 4.78 is 3.26. The van der Waals surface area contributed by atoms with Crippen molar-refractivity contribution >= 4 is 37.6 Å². The molecular formula is C12H11Br2N3O. The monoisotopic (exact) mass is 371 g/mol. The van der Waals surface area contributed by atoms with Crippen LogP contribution in [0, 0.1) is 0 Å². The second-order valence-corrected chi connectivity index (χ2v) is 5.57. The van der Waals surface area contributed by atoms with Crippen LogP contribution in [0.25, 0.3) is 0 Å². The Hall–Kier alpha value is -1.01. The predicted molar refractivity (Wildman–Crippen MR) is 75.6 cm³/mol. The summed E-state index contributed by atoms with van der Waals surface area (Å²) in [6.45, 7) is 2.72.